The number of esters is 5. The number of phenols is 19. The molecule has 0 aliphatic carbocycles. The van der Waals surface area contributed by atoms with Gasteiger partial charge in [-0.25, -0.2) is 24.0 Å². The lowest BCUT2D eigenvalue weighted by atomic mass is 9.73. The Labute approximate surface area is 480 Å². The first kappa shape index (κ1) is 56.7. The number of carbonyl (C=O) groups excluding carboxylic acids is 5. The van der Waals surface area contributed by atoms with E-state index in [1.807, 2.05) is 0 Å². The van der Waals surface area contributed by atoms with Crippen molar-refractivity contribution in [3.05, 3.63) is 105 Å². The summed E-state index contributed by atoms with van der Waals surface area (Å²) in [6.45, 7) is -1.63. The maximum Gasteiger partial charge on any atom is 0.339 e. The van der Waals surface area contributed by atoms with Crippen molar-refractivity contribution in [2.24, 2.45) is 0 Å². The van der Waals surface area contributed by atoms with E-state index < -0.39 is 267 Å². The number of fused-ring (bicyclic) bond motifs is 8. The highest BCUT2D eigenvalue weighted by Crippen LogP contribution is 2.62. The number of hydrogen-bond donors (Lipinski definition) is 20. The molecule has 0 spiro atoms. The van der Waals surface area contributed by atoms with Gasteiger partial charge >= 0.3 is 29.8 Å². The molecule has 3 unspecified atom stereocenters. The van der Waals surface area contributed by atoms with Crippen LogP contribution in [0.5, 0.6) is 115 Å². The predicted octanol–water partition coefficient (Wildman–Crippen LogP) is 3.30. The molecule has 11 rings (SSSR count). The Bertz CT molecular complexity index is 4220. The van der Waals surface area contributed by atoms with Crippen molar-refractivity contribution in [2.45, 2.75) is 49.0 Å². The number of carbonyl (C=O) groups is 5. The molecule has 0 radical (unpaired) electrons. The monoisotopic (exact) mass is 1210 g/mol. The van der Waals surface area contributed by atoms with E-state index >= 15 is 14.4 Å². The van der Waals surface area contributed by atoms with Gasteiger partial charge in [-0.2, -0.15) is 0 Å². The number of aliphatic hydroxyl groups is 1. The number of cyclic esters (lactones) is 3. The minimum atomic E-state index is -3.00. The van der Waals surface area contributed by atoms with Crippen LogP contribution in [0.4, 0.5) is 0 Å². The Morgan fingerprint density at radius 3 is 1.46 bits per heavy atom. The summed E-state index contributed by atoms with van der Waals surface area (Å²) < 4.78 is 35.6. The van der Waals surface area contributed by atoms with Crippen molar-refractivity contribution >= 4 is 29.8 Å². The highest BCUT2D eigenvalue weighted by molar-refractivity contribution is 6.11. The minimum Gasteiger partial charge on any atom is -0.507 e. The van der Waals surface area contributed by atoms with Gasteiger partial charge in [-0.05, 0) is 48.0 Å². The van der Waals surface area contributed by atoms with Crippen LogP contribution in [0.3, 0.4) is 0 Å². The quantitative estimate of drug-likeness (QED) is 0.0668. The van der Waals surface area contributed by atoms with E-state index in [1.165, 1.54) is 0 Å². The third-order valence-electron chi connectivity index (χ3n) is 14.9. The third-order valence-corrected chi connectivity index (χ3v) is 14.9. The van der Waals surface area contributed by atoms with Crippen molar-refractivity contribution in [1.29, 1.82) is 0 Å². The van der Waals surface area contributed by atoms with Crippen LogP contribution in [0.15, 0.2) is 54.6 Å². The molecule has 0 fully saturated rings. The normalized spacial score (nSPS) is 20.4. The molecule has 7 aromatic rings. The highest BCUT2D eigenvalue weighted by Gasteiger charge is 2.57. The van der Waals surface area contributed by atoms with Crippen molar-refractivity contribution in [1.82, 2.24) is 0 Å². The molecule has 4 aliphatic heterocycles. The van der Waals surface area contributed by atoms with E-state index in [0.29, 0.717) is 36.4 Å². The van der Waals surface area contributed by atoms with Gasteiger partial charge in [-0.3, -0.25) is 0 Å². The van der Waals surface area contributed by atoms with Gasteiger partial charge < -0.3 is 131 Å². The zero-order chi connectivity index (χ0) is 63.0. The molecule has 450 valence electrons. The molecule has 31 nitrogen and oxygen atoms in total. The molecular formula is C56H40O31. The number of aromatic hydroxyl groups is 19. The lowest BCUT2D eigenvalue weighted by Crippen LogP contribution is -2.56. The fourth-order valence-corrected chi connectivity index (χ4v) is 10.9. The predicted molar refractivity (Wildman–Crippen MR) is 277 cm³/mol. The van der Waals surface area contributed by atoms with Crippen LogP contribution in [0.1, 0.15) is 86.1 Å². The Morgan fingerprint density at radius 2 is 0.908 bits per heavy atom. The van der Waals surface area contributed by atoms with E-state index in [2.05, 4.69) is 0 Å². The van der Waals surface area contributed by atoms with Crippen LogP contribution in [0, 0.1) is 0 Å². The average molecular weight is 1210 g/mol. The average Bonchev–Trinajstić information content (AvgIpc) is 0.817. The SMILES string of the molecule is O=C(O[C@H]1COC(=O)c2cc(O)c(O)c(O)c2-c2c(cc(O)c(O)c2O)C(=O)O[C@H]1C1OC(=O)c2cc(O)c(O)c(O)c2-c2c(O)c(O)c(O)c3c2C(=O)O[C@H]1[C@@H]3c1c(O)cc(O)c2c1OC(c1ccc(O)c(O)c1)C(O)C2)c1cc(O)c(O)c(O)c1. The van der Waals surface area contributed by atoms with Crippen LogP contribution in [-0.4, -0.2) is 169 Å². The zero-order valence-electron chi connectivity index (χ0n) is 43.1. The molecule has 0 amide bonds. The number of phenolic OH excluding ortho intramolecular Hbond substituents is 19. The lowest BCUT2D eigenvalue weighted by Gasteiger charge is -2.43. The summed E-state index contributed by atoms with van der Waals surface area (Å²) in [6, 6.07) is 5.59. The molecule has 4 heterocycles. The van der Waals surface area contributed by atoms with Gasteiger partial charge in [0.1, 0.15) is 30.0 Å². The van der Waals surface area contributed by atoms with Gasteiger partial charge in [-0.15, -0.1) is 0 Å². The van der Waals surface area contributed by atoms with Crippen molar-refractivity contribution in [2.75, 3.05) is 6.61 Å². The molecular weight excluding hydrogens is 1170 g/mol. The fraction of sp³-hybridized carbons (Fsp3) is 0.161. The minimum absolute atomic E-state index is 0.140. The van der Waals surface area contributed by atoms with Crippen LogP contribution < -0.4 is 4.74 Å². The summed E-state index contributed by atoms with van der Waals surface area (Å²) >= 11 is 0. The third kappa shape index (κ3) is 8.66. The number of hydrogen-bond acceptors (Lipinski definition) is 31. The smallest absolute Gasteiger partial charge is 0.339 e. The van der Waals surface area contributed by atoms with Crippen LogP contribution in [0.25, 0.3) is 22.3 Å². The lowest BCUT2D eigenvalue weighted by molar-refractivity contribution is -0.135. The number of benzene rings is 7. The number of ether oxygens (including phenoxy) is 6. The fourth-order valence-electron chi connectivity index (χ4n) is 10.9. The van der Waals surface area contributed by atoms with Crippen LogP contribution >= 0.6 is 0 Å². The highest BCUT2D eigenvalue weighted by atomic mass is 16.6. The zero-order valence-corrected chi connectivity index (χ0v) is 43.1. The Kier molecular flexibility index (Phi) is 13.1. The van der Waals surface area contributed by atoms with Crippen molar-refractivity contribution in [3.8, 4) is 137 Å². The topological polar surface area (TPSA) is 545 Å². The first-order valence-electron chi connectivity index (χ1n) is 24.9. The summed E-state index contributed by atoms with van der Waals surface area (Å²) in [6.07, 6.45) is -15.7. The number of aliphatic hydroxyl groups excluding tert-OH is 1. The maximum atomic E-state index is 15.3. The molecule has 4 aliphatic rings. The first-order chi connectivity index (χ1) is 41.0. The van der Waals surface area contributed by atoms with E-state index in [-0.39, 0.29) is 5.56 Å². The van der Waals surface area contributed by atoms with Gasteiger partial charge in [0.2, 0.25) is 23.0 Å². The van der Waals surface area contributed by atoms with E-state index in [4.69, 9.17) is 28.4 Å². The maximum absolute atomic E-state index is 15.3. The van der Waals surface area contributed by atoms with Crippen LogP contribution in [0.2, 0.25) is 0 Å². The van der Waals surface area contributed by atoms with E-state index in [9.17, 15) is 112 Å². The van der Waals surface area contributed by atoms with Gasteiger partial charge in [0.25, 0.3) is 0 Å². The Balaban J connectivity index is 1.25. The summed E-state index contributed by atoms with van der Waals surface area (Å²) in [5.41, 5.74) is -13.3. The van der Waals surface area contributed by atoms with Gasteiger partial charge in [0.15, 0.2) is 99.2 Å². The standard InChI is InChI=1S/C56H40O31/c57-18-2-1-12(3-20(18)59)47-27(66)6-14-19(58)10-21(60)32(48(14)84-47)35-34-36-33(44(74)46(76)45(34)75)31-17(9-26(65)40(70)43(31)73)55(80)87-51(50(35)86-56(36)81)49-28(83-52(77)13-4-22(61)37(67)23(62)5-13)11-82-53(78)15-7-24(63)38(68)41(71)29(15)30-16(54(79)85-49)8-25(64)39(69)42(30)72/h1-5,7-10,27-28,35,47,49-51,57-76H,6,11H2/t27?,28-,35+,47?,49+,50-,51?/m0/s1. The molecule has 0 aromatic heterocycles. The van der Waals surface area contributed by atoms with Crippen LogP contribution in [-0.2, 0) is 30.1 Å². The van der Waals surface area contributed by atoms with Crippen molar-refractivity contribution < 1.29 is 155 Å². The second kappa shape index (κ2) is 20.0. The molecule has 87 heavy (non-hydrogen) atoms. The summed E-state index contributed by atoms with van der Waals surface area (Å²) in [4.78, 5) is 74.7. The van der Waals surface area contributed by atoms with Gasteiger partial charge in [-0.1, -0.05) is 6.07 Å². The second-order valence-corrected chi connectivity index (χ2v) is 19.9. The molecule has 7 atom stereocenters. The Hall–Kier alpha value is -12.2. The first-order valence-corrected chi connectivity index (χ1v) is 24.9. The van der Waals surface area contributed by atoms with Gasteiger partial charge in [0.05, 0.1) is 39.8 Å². The summed E-state index contributed by atoms with van der Waals surface area (Å²) in [5, 5.41) is 222. The summed E-state index contributed by atoms with van der Waals surface area (Å²) in [5.74, 6) is -38.0. The molecule has 20 N–H and O–H groups in total. The van der Waals surface area contributed by atoms with E-state index in [0.717, 1.165) is 18.2 Å². The molecule has 0 saturated heterocycles. The van der Waals surface area contributed by atoms with E-state index in [1.54, 1.807) is 0 Å². The van der Waals surface area contributed by atoms with Crippen molar-refractivity contribution in [3.63, 3.8) is 0 Å². The molecule has 31 heteroatoms. The molecule has 7 aromatic carbocycles. The van der Waals surface area contributed by atoms with Gasteiger partial charge in [0, 0.05) is 51.4 Å². The molecule has 2 bridgehead atoms. The second-order valence-electron chi connectivity index (χ2n) is 19.9. The summed E-state index contributed by atoms with van der Waals surface area (Å²) in [7, 11) is 0. The number of rotatable bonds is 5. The largest absolute Gasteiger partial charge is 0.507 e. The Morgan fingerprint density at radius 1 is 0.414 bits per heavy atom. The molecule has 0 saturated carbocycles.